The second-order valence-corrected chi connectivity index (χ2v) is 8.47. The van der Waals surface area contributed by atoms with Crippen molar-refractivity contribution in [3.63, 3.8) is 0 Å². The number of aliphatic hydroxyl groups is 1. The molecule has 3 N–H and O–H groups in total. The van der Waals surface area contributed by atoms with Crippen LogP contribution in [0.1, 0.15) is 36.4 Å². The van der Waals surface area contributed by atoms with Crippen molar-refractivity contribution in [3.8, 4) is 0 Å². The van der Waals surface area contributed by atoms with Gasteiger partial charge >= 0.3 is 0 Å². The number of rotatable bonds is 5. The highest BCUT2D eigenvalue weighted by Crippen LogP contribution is 2.34. The summed E-state index contributed by atoms with van der Waals surface area (Å²) in [6, 6.07) is 4.40. The first-order valence-electron chi connectivity index (χ1n) is 10.8. The van der Waals surface area contributed by atoms with Gasteiger partial charge < -0.3 is 20.3 Å². The molecule has 30 heavy (non-hydrogen) atoms. The van der Waals surface area contributed by atoms with E-state index < -0.39 is 0 Å². The van der Waals surface area contributed by atoms with Crippen LogP contribution in [0.5, 0.6) is 0 Å². The van der Waals surface area contributed by atoms with Crippen LogP contribution in [0.4, 0.5) is 11.8 Å². The number of fused-ring (bicyclic) bond motifs is 1. The number of hydrogen-bond acceptors (Lipinski definition) is 7. The normalized spacial score (nSPS) is 22.6. The molecule has 0 bridgehead atoms. The molecule has 1 saturated heterocycles. The molecule has 8 nitrogen and oxygen atoms in total. The van der Waals surface area contributed by atoms with Crippen molar-refractivity contribution in [3.05, 3.63) is 41.9 Å². The van der Waals surface area contributed by atoms with Gasteiger partial charge in [-0.2, -0.15) is 4.98 Å². The summed E-state index contributed by atoms with van der Waals surface area (Å²) in [6.07, 6.45) is 8.34. The highest BCUT2D eigenvalue weighted by molar-refractivity contribution is 5.80. The summed E-state index contributed by atoms with van der Waals surface area (Å²) in [5.74, 6) is 1.28. The number of aliphatic hydroxyl groups excluding tert-OH is 1. The Morgan fingerprint density at radius 2 is 2.03 bits per heavy atom. The molecule has 1 saturated carbocycles. The zero-order valence-corrected chi connectivity index (χ0v) is 17.4. The van der Waals surface area contributed by atoms with Crippen molar-refractivity contribution in [2.45, 2.75) is 44.9 Å². The molecule has 5 rings (SSSR count). The van der Waals surface area contributed by atoms with E-state index in [-0.39, 0.29) is 6.10 Å². The number of hydrogen-bond donors (Lipinski definition) is 3. The number of aromatic nitrogens is 4. The molecule has 0 aromatic carbocycles. The monoisotopic (exact) mass is 407 g/mol. The van der Waals surface area contributed by atoms with E-state index in [1.165, 1.54) is 5.56 Å². The number of pyridine rings is 1. The lowest BCUT2D eigenvalue weighted by Crippen LogP contribution is -2.42. The van der Waals surface area contributed by atoms with Gasteiger partial charge in [-0.25, -0.2) is 9.97 Å². The Balaban J connectivity index is 1.32. The van der Waals surface area contributed by atoms with E-state index >= 15 is 0 Å². The fourth-order valence-corrected chi connectivity index (χ4v) is 4.55. The average molecular weight is 408 g/mol. The lowest BCUT2D eigenvalue weighted by Gasteiger charge is -2.27. The van der Waals surface area contributed by atoms with Gasteiger partial charge in [0.05, 0.1) is 6.10 Å². The SMILES string of the molecule is Cc1cn(C2CCC(O)C2)c2nc(Nc3ccc(CN4CCNCC4)cn3)ncc12. The first-order valence-corrected chi connectivity index (χ1v) is 10.8. The Labute approximate surface area is 176 Å². The van der Waals surface area contributed by atoms with E-state index in [4.69, 9.17) is 4.98 Å². The fourth-order valence-electron chi connectivity index (χ4n) is 4.55. The summed E-state index contributed by atoms with van der Waals surface area (Å²) in [5.41, 5.74) is 3.29. The Hall–Kier alpha value is -2.55. The first kappa shape index (κ1) is 19.4. The van der Waals surface area contributed by atoms with Crippen molar-refractivity contribution < 1.29 is 5.11 Å². The van der Waals surface area contributed by atoms with E-state index in [1.807, 2.05) is 18.5 Å². The van der Waals surface area contributed by atoms with E-state index in [2.05, 4.69) is 49.3 Å². The van der Waals surface area contributed by atoms with Gasteiger partial charge in [0.25, 0.3) is 0 Å². The van der Waals surface area contributed by atoms with Crippen LogP contribution in [-0.2, 0) is 6.54 Å². The van der Waals surface area contributed by atoms with E-state index in [0.717, 1.165) is 74.4 Å². The maximum absolute atomic E-state index is 9.94. The molecule has 2 unspecified atom stereocenters. The van der Waals surface area contributed by atoms with Crippen molar-refractivity contribution in [1.29, 1.82) is 0 Å². The van der Waals surface area contributed by atoms with Gasteiger partial charge in [-0.3, -0.25) is 4.90 Å². The Morgan fingerprint density at radius 3 is 2.77 bits per heavy atom. The number of anilines is 2. The minimum atomic E-state index is -0.212. The van der Waals surface area contributed by atoms with Gasteiger partial charge in [0.2, 0.25) is 5.95 Å². The van der Waals surface area contributed by atoms with Gasteiger partial charge in [-0.05, 0) is 43.4 Å². The molecule has 2 aliphatic rings. The topological polar surface area (TPSA) is 91.1 Å². The molecular formula is C22H29N7O. The van der Waals surface area contributed by atoms with Crippen molar-refractivity contribution in [1.82, 2.24) is 29.7 Å². The predicted octanol–water partition coefficient (Wildman–Crippen LogP) is 2.37. The molecule has 158 valence electrons. The van der Waals surface area contributed by atoms with Gasteiger partial charge in [-0.15, -0.1) is 0 Å². The van der Waals surface area contributed by atoms with Gasteiger partial charge in [0.15, 0.2) is 0 Å². The van der Waals surface area contributed by atoms with Crippen LogP contribution in [0.15, 0.2) is 30.7 Å². The third kappa shape index (κ3) is 4.03. The quantitative estimate of drug-likeness (QED) is 0.598. The summed E-state index contributed by atoms with van der Waals surface area (Å²) >= 11 is 0. The molecule has 1 aliphatic carbocycles. The van der Waals surface area contributed by atoms with E-state index in [1.54, 1.807) is 0 Å². The largest absolute Gasteiger partial charge is 0.393 e. The maximum Gasteiger partial charge on any atom is 0.230 e. The van der Waals surface area contributed by atoms with Crippen LogP contribution in [0.3, 0.4) is 0 Å². The van der Waals surface area contributed by atoms with Crippen LogP contribution in [0, 0.1) is 6.92 Å². The number of nitrogens with one attached hydrogen (secondary N) is 2. The molecule has 8 heteroatoms. The molecule has 2 atom stereocenters. The van der Waals surface area contributed by atoms with Crippen molar-refractivity contribution in [2.75, 3.05) is 31.5 Å². The lowest BCUT2D eigenvalue weighted by atomic mass is 10.2. The fraction of sp³-hybridized carbons (Fsp3) is 0.500. The summed E-state index contributed by atoms with van der Waals surface area (Å²) < 4.78 is 2.21. The zero-order chi connectivity index (χ0) is 20.5. The number of nitrogens with zero attached hydrogens (tertiary/aromatic N) is 5. The molecule has 0 radical (unpaired) electrons. The standard InChI is InChI=1S/C22H29N7O/c1-15-13-29(17-3-4-18(30)10-17)21-19(15)12-25-22(27-21)26-20-5-2-16(11-24-20)14-28-8-6-23-7-9-28/h2,5,11-13,17-18,23,30H,3-4,6-10,14H2,1H3,(H,24,25,26,27). The highest BCUT2D eigenvalue weighted by atomic mass is 16.3. The van der Waals surface area contributed by atoms with Gasteiger partial charge in [0.1, 0.15) is 11.5 Å². The van der Waals surface area contributed by atoms with Crippen LogP contribution in [0.25, 0.3) is 11.0 Å². The van der Waals surface area contributed by atoms with E-state index in [9.17, 15) is 5.11 Å². The number of piperazine rings is 1. The second-order valence-electron chi connectivity index (χ2n) is 8.47. The van der Waals surface area contributed by atoms with Crippen molar-refractivity contribution in [2.24, 2.45) is 0 Å². The Kier molecular flexibility index (Phi) is 5.37. The zero-order valence-electron chi connectivity index (χ0n) is 17.4. The summed E-state index contributed by atoms with van der Waals surface area (Å²) in [6.45, 7) is 7.26. The molecule has 0 spiro atoms. The summed E-state index contributed by atoms with van der Waals surface area (Å²) in [4.78, 5) is 16.3. The highest BCUT2D eigenvalue weighted by Gasteiger charge is 2.26. The van der Waals surface area contributed by atoms with Gasteiger partial charge in [-0.1, -0.05) is 6.07 Å². The Morgan fingerprint density at radius 1 is 1.17 bits per heavy atom. The molecule has 0 amide bonds. The molecule has 3 aromatic heterocycles. The van der Waals surface area contributed by atoms with Crippen molar-refractivity contribution >= 4 is 22.8 Å². The lowest BCUT2D eigenvalue weighted by molar-refractivity contribution is 0.178. The molecule has 2 fully saturated rings. The smallest absolute Gasteiger partial charge is 0.230 e. The van der Waals surface area contributed by atoms with E-state index in [0.29, 0.717) is 12.0 Å². The number of aryl methyl sites for hydroxylation is 1. The maximum atomic E-state index is 9.94. The van der Waals surface area contributed by atoms with Crippen LogP contribution < -0.4 is 10.6 Å². The molecular weight excluding hydrogens is 378 g/mol. The van der Waals surface area contributed by atoms with Crippen LogP contribution in [-0.4, -0.2) is 61.8 Å². The predicted molar refractivity (Wildman–Crippen MR) is 117 cm³/mol. The minimum absolute atomic E-state index is 0.212. The van der Waals surface area contributed by atoms with Crippen LogP contribution >= 0.6 is 0 Å². The second kappa shape index (κ2) is 8.29. The molecule has 3 aromatic rings. The third-order valence-electron chi connectivity index (χ3n) is 6.22. The molecule has 1 aliphatic heterocycles. The summed E-state index contributed by atoms with van der Waals surface area (Å²) in [5, 5.41) is 17.6. The summed E-state index contributed by atoms with van der Waals surface area (Å²) in [7, 11) is 0. The third-order valence-corrected chi connectivity index (χ3v) is 6.22. The van der Waals surface area contributed by atoms with Gasteiger partial charge in [0, 0.05) is 62.7 Å². The Bertz CT molecular complexity index is 1010. The minimum Gasteiger partial charge on any atom is -0.393 e. The molecule has 4 heterocycles. The average Bonchev–Trinajstić information content (AvgIpc) is 3.33. The van der Waals surface area contributed by atoms with Crippen LogP contribution in [0.2, 0.25) is 0 Å². The first-order chi connectivity index (χ1) is 14.7.